The summed E-state index contributed by atoms with van der Waals surface area (Å²) in [6, 6.07) is 5.50. The van der Waals surface area contributed by atoms with E-state index in [1.54, 1.807) is 13.0 Å². The van der Waals surface area contributed by atoms with Gasteiger partial charge >= 0.3 is 0 Å². The molecule has 1 aromatic carbocycles. The van der Waals surface area contributed by atoms with Gasteiger partial charge in [-0.05, 0) is 25.1 Å². The van der Waals surface area contributed by atoms with Crippen molar-refractivity contribution < 1.29 is 14.0 Å². The minimum absolute atomic E-state index is 0.0971. The molecule has 19 heavy (non-hydrogen) atoms. The predicted molar refractivity (Wildman–Crippen MR) is 71.2 cm³/mol. The molecule has 1 aromatic rings. The van der Waals surface area contributed by atoms with Gasteiger partial charge in [0.15, 0.2) is 5.78 Å². The van der Waals surface area contributed by atoms with Gasteiger partial charge in [-0.1, -0.05) is 19.1 Å². The number of nitrogens with one attached hydrogen (secondary N) is 1. The van der Waals surface area contributed by atoms with E-state index in [1.165, 1.54) is 18.2 Å². The molecule has 104 valence electrons. The predicted octanol–water partition coefficient (Wildman–Crippen LogP) is 1.50. The van der Waals surface area contributed by atoms with E-state index >= 15 is 0 Å². The third-order valence-electron chi connectivity index (χ3n) is 2.75. The van der Waals surface area contributed by atoms with Crippen LogP contribution in [0.4, 0.5) is 4.39 Å². The lowest BCUT2D eigenvalue weighted by Gasteiger charge is -2.10. The summed E-state index contributed by atoms with van der Waals surface area (Å²) in [6.45, 7) is 2.68. The van der Waals surface area contributed by atoms with Crippen molar-refractivity contribution in [2.24, 2.45) is 11.7 Å². The van der Waals surface area contributed by atoms with Gasteiger partial charge in [0.1, 0.15) is 5.82 Å². The molecule has 1 unspecified atom stereocenters. The van der Waals surface area contributed by atoms with Gasteiger partial charge in [0.25, 0.3) is 0 Å². The van der Waals surface area contributed by atoms with E-state index in [2.05, 4.69) is 5.32 Å². The third kappa shape index (κ3) is 5.18. The molecule has 0 heterocycles. The summed E-state index contributed by atoms with van der Waals surface area (Å²) in [4.78, 5) is 23.5. The maximum atomic E-state index is 13.0. The van der Waals surface area contributed by atoms with E-state index in [-0.39, 0.29) is 18.1 Å². The van der Waals surface area contributed by atoms with Gasteiger partial charge in [-0.15, -0.1) is 0 Å². The Balaban J connectivity index is 2.51. The highest BCUT2D eigenvalue weighted by Gasteiger charge is 2.18. The molecule has 0 spiro atoms. The molecule has 0 saturated heterocycles. The molecule has 1 amide bonds. The number of carbonyl (C=O) groups excluding carboxylic acids is 2. The van der Waals surface area contributed by atoms with Crippen molar-refractivity contribution in [3.63, 3.8) is 0 Å². The van der Waals surface area contributed by atoms with Gasteiger partial charge in [0.05, 0.1) is 0 Å². The van der Waals surface area contributed by atoms with Crippen molar-refractivity contribution in [2.45, 2.75) is 19.8 Å². The third-order valence-corrected chi connectivity index (χ3v) is 2.75. The van der Waals surface area contributed by atoms with E-state index in [0.29, 0.717) is 25.1 Å². The monoisotopic (exact) mass is 266 g/mol. The molecule has 0 fully saturated rings. The number of halogens is 1. The van der Waals surface area contributed by atoms with Crippen molar-refractivity contribution in [1.82, 2.24) is 5.32 Å². The van der Waals surface area contributed by atoms with Crippen LogP contribution in [0.3, 0.4) is 0 Å². The number of carbonyl (C=O) groups is 2. The molecule has 0 aliphatic carbocycles. The summed E-state index contributed by atoms with van der Waals surface area (Å²) in [5.41, 5.74) is 5.61. The second kappa shape index (κ2) is 7.63. The first-order valence-electron chi connectivity index (χ1n) is 6.31. The van der Waals surface area contributed by atoms with Gasteiger partial charge in [0.2, 0.25) is 5.91 Å². The highest BCUT2D eigenvalue weighted by Crippen LogP contribution is 2.13. The molecule has 1 rings (SSSR count). The molecule has 0 saturated carbocycles. The average molecular weight is 266 g/mol. The number of rotatable bonds is 7. The summed E-state index contributed by atoms with van der Waals surface area (Å²) >= 11 is 0. The molecule has 0 radical (unpaired) electrons. The van der Waals surface area contributed by atoms with E-state index < -0.39 is 11.7 Å². The zero-order valence-corrected chi connectivity index (χ0v) is 11.0. The number of amides is 1. The van der Waals surface area contributed by atoms with Crippen LogP contribution in [0.5, 0.6) is 0 Å². The Kier molecular flexibility index (Phi) is 6.15. The molecule has 3 N–H and O–H groups in total. The Morgan fingerprint density at radius 3 is 2.79 bits per heavy atom. The highest BCUT2D eigenvalue weighted by molar-refractivity contribution is 5.99. The smallest absolute Gasteiger partial charge is 0.220 e. The lowest BCUT2D eigenvalue weighted by molar-refractivity contribution is -0.121. The van der Waals surface area contributed by atoms with Crippen molar-refractivity contribution in [1.29, 1.82) is 0 Å². The van der Waals surface area contributed by atoms with Crippen LogP contribution in [0.1, 0.15) is 30.1 Å². The number of hydrogen-bond donors (Lipinski definition) is 2. The Morgan fingerprint density at radius 1 is 1.42 bits per heavy atom. The highest BCUT2D eigenvalue weighted by atomic mass is 19.1. The van der Waals surface area contributed by atoms with Crippen LogP contribution in [0.15, 0.2) is 24.3 Å². The van der Waals surface area contributed by atoms with Crippen LogP contribution in [-0.4, -0.2) is 24.8 Å². The first-order chi connectivity index (χ1) is 9.04. The molecule has 0 aromatic heterocycles. The Morgan fingerprint density at radius 2 is 2.16 bits per heavy atom. The Labute approximate surface area is 112 Å². The largest absolute Gasteiger partial charge is 0.356 e. The fraction of sp³-hybridized carbons (Fsp3) is 0.429. The maximum Gasteiger partial charge on any atom is 0.220 e. The van der Waals surface area contributed by atoms with Crippen LogP contribution >= 0.6 is 0 Å². The molecule has 1 atom stereocenters. The van der Waals surface area contributed by atoms with Gasteiger partial charge in [-0.2, -0.15) is 0 Å². The van der Waals surface area contributed by atoms with Crippen LogP contribution in [-0.2, 0) is 4.79 Å². The van der Waals surface area contributed by atoms with Crippen molar-refractivity contribution in [2.75, 3.05) is 13.1 Å². The van der Waals surface area contributed by atoms with E-state index in [1.807, 2.05) is 0 Å². The second-order valence-electron chi connectivity index (χ2n) is 4.47. The standard InChI is InChI=1S/C14H19FN2O2/c1-10(8-13(18)17-7-3-6-16)14(19)11-4-2-5-12(15)9-11/h2,4-5,9-10H,3,6-8,16H2,1H3,(H,17,18). The fourth-order valence-corrected chi connectivity index (χ4v) is 1.70. The van der Waals surface area contributed by atoms with Gasteiger partial charge in [0, 0.05) is 24.4 Å². The van der Waals surface area contributed by atoms with Crippen molar-refractivity contribution in [3.8, 4) is 0 Å². The van der Waals surface area contributed by atoms with Crippen LogP contribution < -0.4 is 11.1 Å². The molecule has 0 aliphatic heterocycles. The summed E-state index contributed by atoms with van der Waals surface area (Å²) in [5, 5.41) is 2.69. The summed E-state index contributed by atoms with van der Waals surface area (Å²) in [6.07, 6.45) is 0.803. The number of hydrogen-bond acceptors (Lipinski definition) is 3. The molecular formula is C14H19FN2O2. The quantitative estimate of drug-likeness (QED) is 0.580. The SMILES string of the molecule is CC(CC(=O)NCCCN)C(=O)c1cccc(F)c1. The van der Waals surface area contributed by atoms with Crippen molar-refractivity contribution >= 4 is 11.7 Å². The van der Waals surface area contributed by atoms with Crippen LogP contribution in [0, 0.1) is 11.7 Å². The number of ketones is 1. The lowest BCUT2D eigenvalue weighted by atomic mass is 9.96. The van der Waals surface area contributed by atoms with E-state index in [4.69, 9.17) is 5.73 Å². The molecule has 4 nitrogen and oxygen atoms in total. The fourth-order valence-electron chi connectivity index (χ4n) is 1.70. The van der Waals surface area contributed by atoms with Gasteiger partial charge in [-0.25, -0.2) is 4.39 Å². The summed E-state index contributed by atoms with van der Waals surface area (Å²) < 4.78 is 13.0. The molecule has 5 heteroatoms. The van der Waals surface area contributed by atoms with Crippen LogP contribution in [0.2, 0.25) is 0 Å². The van der Waals surface area contributed by atoms with Crippen LogP contribution in [0.25, 0.3) is 0 Å². The van der Waals surface area contributed by atoms with E-state index in [0.717, 1.165) is 0 Å². The van der Waals surface area contributed by atoms with Gasteiger partial charge in [-0.3, -0.25) is 9.59 Å². The number of Topliss-reactive ketones (excluding diaryl/α,β-unsaturated/α-hetero) is 1. The zero-order valence-electron chi connectivity index (χ0n) is 11.0. The minimum atomic E-state index is -0.473. The molecule has 0 bridgehead atoms. The Hall–Kier alpha value is -1.75. The second-order valence-corrected chi connectivity index (χ2v) is 4.47. The summed E-state index contributed by atoms with van der Waals surface area (Å²) in [7, 11) is 0. The molecular weight excluding hydrogens is 247 g/mol. The topological polar surface area (TPSA) is 72.2 Å². The number of nitrogens with two attached hydrogens (primary N) is 1. The zero-order chi connectivity index (χ0) is 14.3. The van der Waals surface area contributed by atoms with E-state index in [9.17, 15) is 14.0 Å². The lowest BCUT2D eigenvalue weighted by Crippen LogP contribution is -2.29. The minimum Gasteiger partial charge on any atom is -0.356 e. The van der Waals surface area contributed by atoms with Gasteiger partial charge < -0.3 is 11.1 Å². The first-order valence-corrected chi connectivity index (χ1v) is 6.31. The van der Waals surface area contributed by atoms with Crippen molar-refractivity contribution in [3.05, 3.63) is 35.6 Å². The first kappa shape index (κ1) is 15.3. The number of benzene rings is 1. The maximum absolute atomic E-state index is 13.0. The average Bonchev–Trinajstić information content (AvgIpc) is 2.38. The summed E-state index contributed by atoms with van der Waals surface area (Å²) in [5.74, 6) is -1.34. The molecule has 0 aliphatic rings. The normalized spacial score (nSPS) is 11.9. The Bertz CT molecular complexity index is 449.